The number of carbonyl (C=O) groups excluding carboxylic acids is 2. The molecular formula is C22H27N3O4S. The molecule has 1 aliphatic rings. The molecule has 2 amide bonds. The number of amides is 2. The summed E-state index contributed by atoms with van der Waals surface area (Å²) in [5.74, 6) is -1.50. The SMILES string of the molecule is Cc1cc(C)cc(NC(=O)C(=O)NCc2ccc(S(=O)(=O)N3CCCCC3)cc2)c1. The van der Waals surface area contributed by atoms with E-state index < -0.39 is 21.8 Å². The van der Waals surface area contributed by atoms with E-state index in [4.69, 9.17) is 0 Å². The number of piperidine rings is 1. The first-order valence-corrected chi connectivity index (χ1v) is 11.5. The molecule has 0 spiro atoms. The van der Waals surface area contributed by atoms with E-state index in [1.165, 1.54) is 4.31 Å². The molecule has 8 heteroatoms. The number of hydrogen-bond acceptors (Lipinski definition) is 4. The zero-order chi connectivity index (χ0) is 21.7. The van der Waals surface area contributed by atoms with Crippen LogP contribution in [-0.4, -0.2) is 37.6 Å². The van der Waals surface area contributed by atoms with Gasteiger partial charge < -0.3 is 10.6 Å². The highest BCUT2D eigenvalue weighted by Crippen LogP contribution is 2.21. The Morgan fingerprint density at radius 1 is 0.900 bits per heavy atom. The second-order valence-electron chi connectivity index (χ2n) is 7.62. The molecule has 160 valence electrons. The average molecular weight is 430 g/mol. The Morgan fingerprint density at radius 3 is 2.10 bits per heavy atom. The fraction of sp³-hybridized carbons (Fsp3) is 0.364. The van der Waals surface area contributed by atoms with Crippen LogP contribution >= 0.6 is 0 Å². The number of nitrogens with one attached hydrogen (secondary N) is 2. The highest BCUT2D eigenvalue weighted by Gasteiger charge is 2.25. The van der Waals surface area contributed by atoms with Crippen LogP contribution in [0, 0.1) is 13.8 Å². The number of benzene rings is 2. The summed E-state index contributed by atoms with van der Waals surface area (Å²) >= 11 is 0. The van der Waals surface area contributed by atoms with Crippen LogP contribution in [0.3, 0.4) is 0 Å². The Morgan fingerprint density at radius 2 is 1.50 bits per heavy atom. The van der Waals surface area contributed by atoms with Crippen molar-refractivity contribution < 1.29 is 18.0 Å². The molecule has 7 nitrogen and oxygen atoms in total. The standard InChI is InChI=1S/C22H27N3O4S/c1-16-12-17(2)14-19(13-16)24-22(27)21(26)23-15-18-6-8-20(9-7-18)30(28,29)25-10-4-3-5-11-25/h6-9,12-14H,3-5,10-11,15H2,1-2H3,(H,23,26)(H,24,27). The maximum Gasteiger partial charge on any atom is 0.313 e. The van der Waals surface area contributed by atoms with Gasteiger partial charge in [-0.05, 0) is 67.6 Å². The minimum atomic E-state index is -3.48. The molecule has 30 heavy (non-hydrogen) atoms. The molecule has 2 aromatic rings. The third kappa shape index (κ3) is 5.46. The van der Waals surface area contributed by atoms with Crippen LogP contribution in [0.15, 0.2) is 47.4 Å². The van der Waals surface area contributed by atoms with Gasteiger partial charge in [0.05, 0.1) is 4.90 Å². The Hall–Kier alpha value is -2.71. The molecule has 0 atom stereocenters. The first kappa shape index (κ1) is 22.0. The van der Waals surface area contributed by atoms with E-state index in [0.29, 0.717) is 24.3 Å². The van der Waals surface area contributed by atoms with Crippen LogP contribution in [0.4, 0.5) is 5.69 Å². The minimum Gasteiger partial charge on any atom is -0.344 e. The molecule has 1 fully saturated rings. The highest BCUT2D eigenvalue weighted by molar-refractivity contribution is 7.89. The maximum atomic E-state index is 12.7. The van der Waals surface area contributed by atoms with E-state index in [9.17, 15) is 18.0 Å². The number of anilines is 1. The number of nitrogens with zero attached hydrogens (tertiary/aromatic N) is 1. The third-order valence-corrected chi connectivity index (χ3v) is 6.93. The predicted octanol–water partition coefficient (Wildman–Crippen LogP) is 2.73. The summed E-state index contributed by atoms with van der Waals surface area (Å²) in [7, 11) is -3.48. The normalized spacial score (nSPS) is 14.9. The van der Waals surface area contributed by atoms with Crippen LogP contribution in [0.25, 0.3) is 0 Å². The van der Waals surface area contributed by atoms with Crippen LogP contribution in [-0.2, 0) is 26.2 Å². The van der Waals surface area contributed by atoms with E-state index in [1.807, 2.05) is 19.9 Å². The molecule has 0 bridgehead atoms. The molecular weight excluding hydrogens is 402 g/mol. The van der Waals surface area contributed by atoms with E-state index in [2.05, 4.69) is 10.6 Å². The van der Waals surface area contributed by atoms with E-state index in [-0.39, 0.29) is 11.4 Å². The lowest BCUT2D eigenvalue weighted by molar-refractivity contribution is -0.136. The molecule has 0 aliphatic carbocycles. The zero-order valence-corrected chi connectivity index (χ0v) is 18.1. The van der Waals surface area contributed by atoms with Crippen molar-refractivity contribution in [3.63, 3.8) is 0 Å². The second-order valence-corrected chi connectivity index (χ2v) is 9.56. The monoisotopic (exact) mass is 429 g/mol. The number of carbonyl (C=O) groups is 2. The topological polar surface area (TPSA) is 95.6 Å². The van der Waals surface area contributed by atoms with E-state index in [0.717, 1.165) is 30.4 Å². The average Bonchev–Trinajstić information content (AvgIpc) is 2.72. The summed E-state index contributed by atoms with van der Waals surface area (Å²) in [4.78, 5) is 24.4. The van der Waals surface area contributed by atoms with Gasteiger partial charge in [-0.1, -0.05) is 24.6 Å². The van der Waals surface area contributed by atoms with Crippen molar-refractivity contribution in [3.05, 3.63) is 59.2 Å². The van der Waals surface area contributed by atoms with Gasteiger partial charge in [-0.3, -0.25) is 9.59 Å². The van der Waals surface area contributed by atoms with Crippen molar-refractivity contribution in [3.8, 4) is 0 Å². The quantitative estimate of drug-likeness (QED) is 0.715. The van der Waals surface area contributed by atoms with Gasteiger partial charge >= 0.3 is 11.8 Å². The summed E-state index contributed by atoms with van der Waals surface area (Å²) in [5, 5.41) is 5.15. The molecule has 0 saturated carbocycles. The lowest BCUT2D eigenvalue weighted by atomic mass is 10.1. The van der Waals surface area contributed by atoms with Gasteiger partial charge in [0.25, 0.3) is 0 Å². The Kier molecular flexibility index (Phi) is 6.89. The summed E-state index contributed by atoms with van der Waals surface area (Å²) in [5.41, 5.74) is 3.26. The van der Waals surface area contributed by atoms with Gasteiger partial charge in [0, 0.05) is 25.3 Å². The molecule has 1 aliphatic heterocycles. The van der Waals surface area contributed by atoms with Crippen molar-refractivity contribution in [2.24, 2.45) is 0 Å². The van der Waals surface area contributed by atoms with Gasteiger partial charge in [-0.2, -0.15) is 4.31 Å². The Bertz CT molecular complexity index is 1010. The summed E-state index contributed by atoms with van der Waals surface area (Å²) in [6.45, 7) is 5.06. The highest BCUT2D eigenvalue weighted by atomic mass is 32.2. The smallest absolute Gasteiger partial charge is 0.313 e. The van der Waals surface area contributed by atoms with Crippen LogP contribution in [0.2, 0.25) is 0 Å². The number of rotatable bonds is 5. The molecule has 3 rings (SSSR count). The fourth-order valence-electron chi connectivity index (χ4n) is 3.53. The summed E-state index contributed by atoms with van der Waals surface area (Å²) < 4.78 is 26.9. The van der Waals surface area contributed by atoms with Crippen molar-refractivity contribution >= 4 is 27.5 Å². The summed E-state index contributed by atoms with van der Waals surface area (Å²) in [6.07, 6.45) is 2.82. The Balaban J connectivity index is 1.56. The molecule has 1 heterocycles. The Labute approximate surface area is 177 Å². The van der Waals surface area contributed by atoms with Crippen LogP contribution < -0.4 is 10.6 Å². The van der Waals surface area contributed by atoms with Crippen molar-refractivity contribution in [2.45, 2.75) is 44.6 Å². The third-order valence-electron chi connectivity index (χ3n) is 5.02. The lowest BCUT2D eigenvalue weighted by Gasteiger charge is -2.25. The predicted molar refractivity (Wildman–Crippen MR) is 115 cm³/mol. The summed E-state index contributed by atoms with van der Waals surface area (Å²) in [6, 6.07) is 11.9. The molecule has 2 aromatic carbocycles. The van der Waals surface area contributed by atoms with Crippen LogP contribution in [0.5, 0.6) is 0 Å². The van der Waals surface area contributed by atoms with E-state index >= 15 is 0 Å². The zero-order valence-electron chi connectivity index (χ0n) is 17.3. The molecule has 0 radical (unpaired) electrons. The molecule has 0 unspecified atom stereocenters. The first-order valence-electron chi connectivity index (χ1n) is 10.0. The number of sulfonamides is 1. The van der Waals surface area contributed by atoms with Gasteiger partial charge in [-0.25, -0.2) is 8.42 Å². The van der Waals surface area contributed by atoms with Gasteiger partial charge in [0.2, 0.25) is 10.0 Å². The lowest BCUT2D eigenvalue weighted by Crippen LogP contribution is -2.35. The van der Waals surface area contributed by atoms with Gasteiger partial charge in [0.1, 0.15) is 0 Å². The minimum absolute atomic E-state index is 0.128. The fourth-order valence-corrected chi connectivity index (χ4v) is 5.05. The second kappa shape index (κ2) is 9.40. The largest absolute Gasteiger partial charge is 0.344 e. The van der Waals surface area contributed by atoms with Crippen molar-refractivity contribution in [1.29, 1.82) is 0 Å². The molecule has 0 aromatic heterocycles. The number of hydrogen-bond donors (Lipinski definition) is 2. The van der Waals surface area contributed by atoms with Crippen LogP contribution in [0.1, 0.15) is 36.0 Å². The molecule has 1 saturated heterocycles. The maximum absolute atomic E-state index is 12.7. The van der Waals surface area contributed by atoms with Crippen molar-refractivity contribution in [1.82, 2.24) is 9.62 Å². The van der Waals surface area contributed by atoms with Crippen molar-refractivity contribution in [2.75, 3.05) is 18.4 Å². The molecule has 2 N–H and O–H groups in total. The van der Waals surface area contributed by atoms with Gasteiger partial charge in [0.15, 0.2) is 0 Å². The van der Waals surface area contributed by atoms with E-state index in [1.54, 1.807) is 36.4 Å². The number of aryl methyl sites for hydroxylation is 2. The first-order chi connectivity index (χ1) is 14.3. The van der Waals surface area contributed by atoms with Gasteiger partial charge in [-0.15, -0.1) is 0 Å².